The van der Waals surface area contributed by atoms with Gasteiger partial charge in [-0.05, 0) is 43.2 Å². The fourth-order valence-electron chi connectivity index (χ4n) is 2.52. The van der Waals surface area contributed by atoms with Crippen LogP contribution in [-0.2, 0) is 24.3 Å². The maximum Gasteiger partial charge on any atom is 0.267 e. The molecule has 1 aromatic carbocycles. The molecule has 1 aliphatic rings. The van der Waals surface area contributed by atoms with E-state index in [2.05, 4.69) is 21.2 Å². The molecule has 27 heavy (non-hydrogen) atoms. The van der Waals surface area contributed by atoms with E-state index in [0.29, 0.717) is 12.3 Å². The van der Waals surface area contributed by atoms with Crippen molar-refractivity contribution in [2.75, 3.05) is 11.9 Å². The summed E-state index contributed by atoms with van der Waals surface area (Å²) in [6, 6.07) is 7.82. The van der Waals surface area contributed by atoms with Crippen molar-refractivity contribution >= 4 is 37.5 Å². The molecular weight excluding hydrogens is 436 g/mol. The highest BCUT2D eigenvalue weighted by atomic mass is 79.9. The average molecular weight is 455 g/mol. The van der Waals surface area contributed by atoms with Crippen molar-refractivity contribution in [3.8, 4) is 0 Å². The topological polar surface area (TPSA) is 86.6 Å². The minimum atomic E-state index is -3.72. The molecule has 1 N–H and O–H groups in total. The van der Waals surface area contributed by atoms with E-state index in [4.69, 9.17) is 9.47 Å². The van der Waals surface area contributed by atoms with E-state index in [9.17, 15) is 13.2 Å². The zero-order chi connectivity index (χ0) is 19.3. The molecule has 144 valence electrons. The molecule has 0 aliphatic carbocycles. The number of halogens is 1. The summed E-state index contributed by atoms with van der Waals surface area (Å²) in [5, 5.41) is 2.59. The standard InChI is InChI=1S/C18H19BrN2O5S/c19-14-4-6-16(7-5-14)27(23,24)21-10-8-15(13-21)20-17(22)9-12-26-18-3-1-2-11-25-18/h4-10,12-13,18H,1-3,11H2,(H,20,22). The van der Waals surface area contributed by atoms with E-state index < -0.39 is 15.9 Å². The Hall–Kier alpha value is -2.10. The summed E-state index contributed by atoms with van der Waals surface area (Å²) in [7, 11) is -3.72. The van der Waals surface area contributed by atoms with Crippen molar-refractivity contribution in [1.82, 2.24) is 3.97 Å². The number of amides is 1. The Labute approximate surface area is 166 Å². The molecule has 1 unspecified atom stereocenters. The number of aromatic nitrogens is 1. The maximum atomic E-state index is 12.6. The number of nitrogens with one attached hydrogen (secondary N) is 1. The Morgan fingerprint density at radius 1 is 1.26 bits per heavy atom. The number of hydrogen-bond donors (Lipinski definition) is 1. The molecule has 1 aromatic heterocycles. The Bertz CT molecular complexity index is 915. The lowest BCUT2D eigenvalue weighted by Gasteiger charge is -2.21. The number of carbonyl (C=O) groups is 1. The second kappa shape index (κ2) is 8.73. The molecule has 0 radical (unpaired) electrons. The van der Waals surface area contributed by atoms with Gasteiger partial charge in [0.15, 0.2) is 6.29 Å². The highest BCUT2D eigenvalue weighted by molar-refractivity contribution is 9.10. The minimum Gasteiger partial charge on any atom is -0.472 e. The van der Waals surface area contributed by atoms with E-state index in [1.165, 1.54) is 42.9 Å². The number of ether oxygens (including phenoxy) is 2. The second-order valence-electron chi connectivity index (χ2n) is 5.91. The van der Waals surface area contributed by atoms with Gasteiger partial charge in [0.1, 0.15) is 0 Å². The van der Waals surface area contributed by atoms with Gasteiger partial charge in [0.05, 0.1) is 23.5 Å². The number of anilines is 1. The fraction of sp³-hybridized carbons (Fsp3) is 0.278. The summed E-state index contributed by atoms with van der Waals surface area (Å²) in [5.74, 6) is -0.426. The van der Waals surface area contributed by atoms with Gasteiger partial charge in [-0.1, -0.05) is 15.9 Å². The van der Waals surface area contributed by atoms with Crippen molar-refractivity contribution in [2.45, 2.75) is 30.4 Å². The normalized spacial score (nSPS) is 17.7. The van der Waals surface area contributed by atoms with Gasteiger partial charge in [0, 0.05) is 29.4 Å². The van der Waals surface area contributed by atoms with E-state index in [-0.39, 0.29) is 11.2 Å². The first-order valence-corrected chi connectivity index (χ1v) is 10.6. The molecule has 3 rings (SSSR count). The quantitative estimate of drug-likeness (QED) is 0.533. The van der Waals surface area contributed by atoms with E-state index in [1.54, 1.807) is 12.1 Å². The number of nitrogens with zero attached hydrogens (tertiary/aromatic N) is 1. The maximum absolute atomic E-state index is 12.6. The molecule has 2 aromatic rings. The lowest BCUT2D eigenvalue weighted by molar-refractivity contribution is -0.130. The van der Waals surface area contributed by atoms with Crippen LogP contribution in [0.25, 0.3) is 0 Å². The lowest BCUT2D eigenvalue weighted by Crippen LogP contribution is -2.20. The van der Waals surface area contributed by atoms with Crippen molar-refractivity contribution < 1.29 is 22.7 Å². The van der Waals surface area contributed by atoms with Crippen molar-refractivity contribution in [3.63, 3.8) is 0 Å². The summed E-state index contributed by atoms with van der Waals surface area (Å²) >= 11 is 3.27. The first-order chi connectivity index (χ1) is 12.9. The van der Waals surface area contributed by atoms with Gasteiger partial charge in [-0.15, -0.1) is 0 Å². The molecule has 1 aliphatic heterocycles. The van der Waals surface area contributed by atoms with Crippen LogP contribution in [0.15, 0.2) is 64.4 Å². The summed E-state index contributed by atoms with van der Waals surface area (Å²) in [4.78, 5) is 12.1. The first-order valence-electron chi connectivity index (χ1n) is 8.39. The average Bonchev–Trinajstić information content (AvgIpc) is 3.12. The monoisotopic (exact) mass is 454 g/mol. The number of benzene rings is 1. The molecule has 1 amide bonds. The molecule has 2 heterocycles. The summed E-state index contributed by atoms with van der Waals surface area (Å²) in [6.07, 6.45) is 7.77. The van der Waals surface area contributed by atoms with Crippen LogP contribution in [-0.4, -0.2) is 31.2 Å². The molecule has 0 saturated carbocycles. The molecule has 0 bridgehead atoms. The van der Waals surface area contributed by atoms with Gasteiger partial charge < -0.3 is 14.8 Å². The molecule has 7 nitrogen and oxygen atoms in total. The Balaban J connectivity index is 1.60. The van der Waals surface area contributed by atoms with Crippen molar-refractivity contribution in [1.29, 1.82) is 0 Å². The third kappa shape index (κ3) is 5.21. The van der Waals surface area contributed by atoms with Gasteiger partial charge in [0.2, 0.25) is 0 Å². The van der Waals surface area contributed by atoms with Gasteiger partial charge in [-0.25, -0.2) is 12.4 Å². The lowest BCUT2D eigenvalue weighted by atomic mass is 10.2. The molecule has 1 saturated heterocycles. The third-order valence-electron chi connectivity index (χ3n) is 3.91. The van der Waals surface area contributed by atoms with E-state index in [1.807, 2.05) is 0 Å². The van der Waals surface area contributed by atoms with Crippen molar-refractivity contribution in [3.05, 3.63) is 59.5 Å². The van der Waals surface area contributed by atoms with Crippen LogP contribution in [0, 0.1) is 0 Å². The van der Waals surface area contributed by atoms with Crippen LogP contribution in [0.4, 0.5) is 5.69 Å². The van der Waals surface area contributed by atoms with Gasteiger partial charge in [-0.3, -0.25) is 4.79 Å². The largest absolute Gasteiger partial charge is 0.472 e. The van der Waals surface area contributed by atoms with Crippen LogP contribution in [0.2, 0.25) is 0 Å². The molecule has 0 spiro atoms. The van der Waals surface area contributed by atoms with Crippen LogP contribution in [0.3, 0.4) is 0 Å². The highest BCUT2D eigenvalue weighted by Gasteiger charge is 2.17. The number of rotatable bonds is 6. The van der Waals surface area contributed by atoms with Crippen LogP contribution >= 0.6 is 15.9 Å². The Kier molecular flexibility index (Phi) is 6.35. The van der Waals surface area contributed by atoms with Crippen LogP contribution in [0.5, 0.6) is 0 Å². The summed E-state index contributed by atoms with van der Waals surface area (Å²) < 4.78 is 37.7. The van der Waals surface area contributed by atoms with E-state index >= 15 is 0 Å². The molecule has 1 atom stereocenters. The van der Waals surface area contributed by atoms with Crippen molar-refractivity contribution in [2.24, 2.45) is 0 Å². The third-order valence-corrected chi connectivity index (χ3v) is 6.09. The predicted octanol–water partition coefficient (Wildman–Crippen LogP) is 3.48. The summed E-state index contributed by atoms with van der Waals surface area (Å²) in [5.41, 5.74) is 0.360. The van der Waals surface area contributed by atoms with Crippen LogP contribution < -0.4 is 5.32 Å². The molecule has 9 heteroatoms. The van der Waals surface area contributed by atoms with Gasteiger partial charge in [0.25, 0.3) is 15.9 Å². The first kappa shape index (κ1) is 19.7. The molecule has 1 fully saturated rings. The zero-order valence-corrected chi connectivity index (χ0v) is 16.8. The van der Waals surface area contributed by atoms with E-state index in [0.717, 1.165) is 27.7 Å². The SMILES string of the molecule is O=C(C=COC1CCCCO1)Nc1ccn(S(=O)(=O)c2ccc(Br)cc2)c1. The zero-order valence-electron chi connectivity index (χ0n) is 14.4. The number of hydrogen-bond acceptors (Lipinski definition) is 5. The summed E-state index contributed by atoms with van der Waals surface area (Å²) in [6.45, 7) is 0.658. The Morgan fingerprint density at radius 2 is 2.04 bits per heavy atom. The molecular formula is C18H19BrN2O5S. The smallest absolute Gasteiger partial charge is 0.267 e. The van der Waals surface area contributed by atoms with Gasteiger partial charge in [-0.2, -0.15) is 0 Å². The van der Waals surface area contributed by atoms with Gasteiger partial charge >= 0.3 is 0 Å². The number of carbonyl (C=O) groups excluding carboxylic acids is 1. The minimum absolute atomic E-state index is 0.153. The Morgan fingerprint density at radius 3 is 2.74 bits per heavy atom. The fourth-order valence-corrected chi connectivity index (χ4v) is 3.98. The van der Waals surface area contributed by atoms with Crippen LogP contribution in [0.1, 0.15) is 19.3 Å². The predicted molar refractivity (Wildman–Crippen MR) is 104 cm³/mol. The second-order valence-corrected chi connectivity index (χ2v) is 8.67. The highest BCUT2D eigenvalue weighted by Crippen LogP contribution is 2.20.